The van der Waals surface area contributed by atoms with Crippen molar-refractivity contribution < 1.29 is 9.90 Å². The van der Waals surface area contributed by atoms with Gasteiger partial charge in [-0.1, -0.05) is 24.3 Å². The molecule has 142 valence electrons. The van der Waals surface area contributed by atoms with Gasteiger partial charge in [0, 0.05) is 26.2 Å². The maximum atomic E-state index is 12.6. The van der Waals surface area contributed by atoms with E-state index in [0.717, 1.165) is 63.2 Å². The Morgan fingerprint density at radius 2 is 1.96 bits per heavy atom. The predicted octanol–water partition coefficient (Wildman–Crippen LogP) is 2.27. The number of aliphatic hydroxyl groups excluding tert-OH is 1. The molecule has 0 aliphatic carbocycles. The van der Waals surface area contributed by atoms with Gasteiger partial charge in [-0.3, -0.25) is 9.78 Å². The van der Waals surface area contributed by atoms with Crippen LogP contribution in [0.15, 0.2) is 36.7 Å². The van der Waals surface area contributed by atoms with Gasteiger partial charge in [-0.05, 0) is 42.7 Å². The number of nitrogens with zero attached hydrogens (tertiary/aromatic N) is 4. The van der Waals surface area contributed by atoms with Gasteiger partial charge in [0.1, 0.15) is 11.5 Å². The van der Waals surface area contributed by atoms with Crippen molar-refractivity contribution in [3.05, 3.63) is 53.5 Å². The number of amides is 1. The van der Waals surface area contributed by atoms with E-state index in [0.29, 0.717) is 11.6 Å². The van der Waals surface area contributed by atoms with Gasteiger partial charge in [0.15, 0.2) is 0 Å². The lowest BCUT2D eigenvalue weighted by molar-refractivity contribution is 0.0786. The van der Waals surface area contributed by atoms with Crippen LogP contribution in [0.5, 0.6) is 0 Å². The molecule has 2 aliphatic rings. The highest BCUT2D eigenvalue weighted by molar-refractivity contribution is 5.92. The first kappa shape index (κ1) is 17.9. The summed E-state index contributed by atoms with van der Waals surface area (Å²) < 4.78 is 0. The molecule has 2 aliphatic heterocycles. The fraction of sp³-hybridized carbons (Fsp3) is 0.476. The monoisotopic (exact) mass is 366 g/mol. The molecule has 1 atom stereocenters. The predicted molar refractivity (Wildman–Crippen MR) is 104 cm³/mol. The quantitative estimate of drug-likeness (QED) is 0.879. The number of aromatic nitrogens is 2. The third-order valence-electron chi connectivity index (χ3n) is 5.54. The minimum absolute atomic E-state index is 0.00147. The number of carbonyl (C=O) groups is 1. The third kappa shape index (κ3) is 4.11. The number of anilines is 1. The van der Waals surface area contributed by atoms with Gasteiger partial charge in [-0.25, -0.2) is 4.98 Å². The van der Waals surface area contributed by atoms with Crippen LogP contribution in [0.25, 0.3) is 0 Å². The van der Waals surface area contributed by atoms with E-state index in [4.69, 9.17) is 0 Å². The van der Waals surface area contributed by atoms with Gasteiger partial charge in [0.2, 0.25) is 0 Å². The zero-order valence-corrected chi connectivity index (χ0v) is 15.5. The summed E-state index contributed by atoms with van der Waals surface area (Å²) in [5, 5.41) is 9.31. The first-order valence-electron chi connectivity index (χ1n) is 9.78. The highest BCUT2D eigenvalue weighted by atomic mass is 16.3. The van der Waals surface area contributed by atoms with E-state index in [9.17, 15) is 9.90 Å². The van der Waals surface area contributed by atoms with Gasteiger partial charge in [-0.15, -0.1) is 0 Å². The topological polar surface area (TPSA) is 69.6 Å². The van der Waals surface area contributed by atoms with Crippen LogP contribution >= 0.6 is 0 Å². The van der Waals surface area contributed by atoms with E-state index in [1.807, 2.05) is 17.0 Å². The summed E-state index contributed by atoms with van der Waals surface area (Å²) in [5.41, 5.74) is 2.67. The third-order valence-corrected chi connectivity index (χ3v) is 5.54. The van der Waals surface area contributed by atoms with Crippen LogP contribution in [0.2, 0.25) is 0 Å². The van der Waals surface area contributed by atoms with Crippen LogP contribution in [0.3, 0.4) is 0 Å². The highest BCUT2D eigenvalue weighted by Crippen LogP contribution is 2.25. The standard InChI is InChI=1S/C21H26N4O2/c26-15-18-5-3-4-16(11-18)10-17-6-9-25(14-17)20-13-22-12-19(23-20)21(27)24-7-1-2-8-24/h3-5,11-13,17,26H,1-2,6-10,14-15H2. The van der Waals surface area contributed by atoms with E-state index < -0.39 is 0 Å². The molecule has 2 aromatic rings. The summed E-state index contributed by atoms with van der Waals surface area (Å²) in [4.78, 5) is 25.5. The second kappa shape index (κ2) is 8.05. The Balaban J connectivity index is 1.41. The maximum absolute atomic E-state index is 12.6. The lowest BCUT2D eigenvalue weighted by atomic mass is 9.97. The van der Waals surface area contributed by atoms with Gasteiger partial charge in [0.25, 0.3) is 5.91 Å². The Bertz CT molecular complexity index is 804. The minimum Gasteiger partial charge on any atom is -0.392 e. The zero-order chi connectivity index (χ0) is 18.6. The Kier molecular flexibility index (Phi) is 5.34. The van der Waals surface area contributed by atoms with Crippen molar-refractivity contribution >= 4 is 11.7 Å². The molecule has 0 spiro atoms. The molecule has 1 aromatic heterocycles. The molecule has 3 heterocycles. The van der Waals surface area contributed by atoms with E-state index in [2.05, 4.69) is 27.0 Å². The van der Waals surface area contributed by atoms with Crippen molar-refractivity contribution in [1.82, 2.24) is 14.9 Å². The van der Waals surface area contributed by atoms with Crippen LogP contribution in [0.4, 0.5) is 5.82 Å². The first-order chi connectivity index (χ1) is 13.2. The molecule has 1 unspecified atom stereocenters. The number of likely N-dealkylation sites (tertiary alicyclic amines) is 1. The summed E-state index contributed by atoms with van der Waals surface area (Å²) in [5.74, 6) is 1.34. The average Bonchev–Trinajstić information content (AvgIpc) is 3.40. The van der Waals surface area contributed by atoms with E-state index >= 15 is 0 Å². The fourth-order valence-electron chi connectivity index (χ4n) is 4.09. The number of benzene rings is 1. The van der Waals surface area contributed by atoms with Gasteiger partial charge in [0.05, 0.1) is 19.0 Å². The molecule has 6 nitrogen and oxygen atoms in total. The summed E-state index contributed by atoms with van der Waals surface area (Å²) in [6.07, 6.45) is 7.57. The molecule has 0 radical (unpaired) electrons. The summed E-state index contributed by atoms with van der Waals surface area (Å²) in [7, 11) is 0. The van der Waals surface area contributed by atoms with Crippen LogP contribution in [-0.2, 0) is 13.0 Å². The van der Waals surface area contributed by atoms with Gasteiger partial charge in [-0.2, -0.15) is 0 Å². The molecule has 4 rings (SSSR count). The van der Waals surface area contributed by atoms with Crippen molar-refractivity contribution in [3.8, 4) is 0 Å². The number of aliphatic hydroxyl groups is 1. The Morgan fingerprint density at radius 3 is 2.78 bits per heavy atom. The summed E-state index contributed by atoms with van der Waals surface area (Å²) >= 11 is 0. The highest BCUT2D eigenvalue weighted by Gasteiger charge is 2.26. The molecule has 0 saturated carbocycles. The van der Waals surface area contributed by atoms with Crippen molar-refractivity contribution in [2.75, 3.05) is 31.1 Å². The second-order valence-electron chi connectivity index (χ2n) is 7.54. The Labute approximate surface area is 159 Å². The molecule has 27 heavy (non-hydrogen) atoms. The molecule has 1 aromatic carbocycles. The molecule has 2 saturated heterocycles. The molecule has 0 bridgehead atoms. The molecular formula is C21H26N4O2. The summed E-state index contributed by atoms with van der Waals surface area (Å²) in [6, 6.07) is 8.16. The Morgan fingerprint density at radius 1 is 1.15 bits per heavy atom. The smallest absolute Gasteiger partial charge is 0.274 e. The van der Waals surface area contributed by atoms with Gasteiger partial charge < -0.3 is 14.9 Å². The minimum atomic E-state index is -0.00147. The van der Waals surface area contributed by atoms with Crippen LogP contribution in [0, 0.1) is 5.92 Å². The van der Waals surface area contributed by atoms with Crippen LogP contribution in [-0.4, -0.2) is 52.1 Å². The van der Waals surface area contributed by atoms with Crippen LogP contribution < -0.4 is 4.90 Å². The number of rotatable bonds is 5. The van der Waals surface area contributed by atoms with Crippen molar-refractivity contribution in [1.29, 1.82) is 0 Å². The van der Waals surface area contributed by atoms with Gasteiger partial charge >= 0.3 is 0 Å². The van der Waals surface area contributed by atoms with E-state index in [-0.39, 0.29) is 12.5 Å². The molecule has 2 fully saturated rings. The largest absolute Gasteiger partial charge is 0.392 e. The molecule has 6 heteroatoms. The SMILES string of the molecule is O=C(c1cncc(N2CCC(Cc3cccc(CO)c3)C2)n1)N1CCCC1. The maximum Gasteiger partial charge on any atom is 0.274 e. The van der Waals surface area contributed by atoms with Crippen molar-refractivity contribution in [3.63, 3.8) is 0 Å². The Hall–Kier alpha value is -2.47. The molecular weight excluding hydrogens is 340 g/mol. The fourth-order valence-corrected chi connectivity index (χ4v) is 4.09. The first-order valence-corrected chi connectivity index (χ1v) is 9.78. The molecule has 1 amide bonds. The van der Waals surface area contributed by atoms with Crippen LogP contribution in [0.1, 0.15) is 40.9 Å². The number of hydrogen-bond donors (Lipinski definition) is 1. The average molecular weight is 366 g/mol. The van der Waals surface area contributed by atoms with Crippen molar-refractivity contribution in [2.45, 2.75) is 32.3 Å². The normalized spacial score (nSPS) is 19.7. The number of hydrogen-bond acceptors (Lipinski definition) is 5. The lowest BCUT2D eigenvalue weighted by Crippen LogP contribution is -2.29. The number of carbonyl (C=O) groups excluding carboxylic acids is 1. The van der Waals surface area contributed by atoms with Crippen molar-refractivity contribution in [2.24, 2.45) is 5.92 Å². The zero-order valence-electron chi connectivity index (χ0n) is 15.5. The van der Waals surface area contributed by atoms with E-state index in [1.54, 1.807) is 12.4 Å². The summed E-state index contributed by atoms with van der Waals surface area (Å²) in [6.45, 7) is 3.57. The molecule has 1 N–H and O–H groups in total. The lowest BCUT2D eigenvalue weighted by Gasteiger charge is -2.19. The second-order valence-corrected chi connectivity index (χ2v) is 7.54. The van der Waals surface area contributed by atoms with E-state index in [1.165, 1.54) is 5.56 Å².